The van der Waals surface area contributed by atoms with Gasteiger partial charge in [0.2, 0.25) is 0 Å². The molecule has 2 unspecified atom stereocenters. The molecule has 0 heterocycles. The van der Waals surface area contributed by atoms with Crippen LogP contribution in [0.5, 0.6) is 0 Å². The maximum absolute atomic E-state index is 9.70. The highest BCUT2D eigenvalue weighted by atomic mass is 32.2. The van der Waals surface area contributed by atoms with Crippen LogP contribution in [0.4, 0.5) is 0 Å². The van der Waals surface area contributed by atoms with Crippen molar-refractivity contribution in [3.63, 3.8) is 0 Å². The van der Waals surface area contributed by atoms with Crippen molar-refractivity contribution in [2.75, 3.05) is 0 Å². The Morgan fingerprint density at radius 1 is 1.89 bits per heavy atom. The second-order valence-corrected chi connectivity index (χ2v) is 2.14. The summed E-state index contributed by atoms with van der Waals surface area (Å²) in [5.74, 6) is 0. The normalized spacial score (nSPS) is 17.2. The van der Waals surface area contributed by atoms with E-state index >= 15 is 0 Å². The molecule has 4 nitrogen and oxygen atoms in total. The quantitative estimate of drug-likeness (QED) is 0.453. The second kappa shape index (κ2) is 4.87. The van der Waals surface area contributed by atoms with Crippen molar-refractivity contribution in [1.82, 2.24) is 0 Å². The largest absolute Gasteiger partial charge is 0.750 e. The van der Waals surface area contributed by atoms with Crippen molar-refractivity contribution in [3.05, 3.63) is 0 Å². The molecule has 0 saturated carbocycles. The van der Waals surface area contributed by atoms with E-state index in [1.165, 1.54) is 0 Å². The Kier molecular flexibility index (Phi) is 4.88. The summed E-state index contributed by atoms with van der Waals surface area (Å²) in [5, 5.41) is 8.60. The van der Waals surface area contributed by atoms with Crippen LogP contribution in [0.3, 0.4) is 0 Å². The van der Waals surface area contributed by atoms with Crippen molar-refractivity contribution >= 4 is 11.4 Å². The summed E-state index contributed by atoms with van der Waals surface area (Å²) in [5.41, 5.74) is 0. The zero-order valence-corrected chi connectivity index (χ0v) is 5.89. The molecule has 1 N–H and O–H groups in total. The van der Waals surface area contributed by atoms with Gasteiger partial charge in [-0.05, 0) is 6.42 Å². The Balaban J connectivity index is 3.26. The van der Waals surface area contributed by atoms with Gasteiger partial charge in [-0.15, -0.1) is 0 Å². The predicted octanol–water partition coefficient (Wildman–Crippen LogP) is -0.0844. The van der Waals surface area contributed by atoms with E-state index in [9.17, 15) is 8.76 Å². The fraction of sp³-hybridized carbons (Fsp3) is 1.00. The minimum absolute atomic E-state index is 0.341. The molecule has 0 aliphatic heterocycles. The van der Waals surface area contributed by atoms with E-state index in [0.717, 1.165) is 0 Å². The molecule has 9 heavy (non-hydrogen) atoms. The van der Waals surface area contributed by atoms with Crippen LogP contribution in [0.1, 0.15) is 19.8 Å². The Bertz CT molecular complexity index is 94.6. The fourth-order valence-corrected chi connectivity index (χ4v) is 0.663. The van der Waals surface area contributed by atoms with Crippen molar-refractivity contribution < 1.29 is 18.1 Å². The van der Waals surface area contributed by atoms with Crippen LogP contribution in [0.2, 0.25) is 0 Å². The average molecular weight is 153 g/mol. The topological polar surface area (TPSA) is 69.6 Å². The highest BCUT2D eigenvalue weighted by molar-refractivity contribution is 7.74. The van der Waals surface area contributed by atoms with Gasteiger partial charge >= 0.3 is 0 Å². The molecular formula is C4H9O4S-. The van der Waals surface area contributed by atoms with E-state index in [1.807, 2.05) is 6.92 Å². The van der Waals surface area contributed by atoms with Crippen LogP contribution in [0.25, 0.3) is 0 Å². The first kappa shape index (κ1) is 9.03. The summed E-state index contributed by atoms with van der Waals surface area (Å²) in [6, 6.07) is 0. The molecule has 0 spiro atoms. The van der Waals surface area contributed by atoms with Crippen LogP contribution in [0, 0.1) is 0 Å². The molecule has 0 fully saturated rings. The summed E-state index contributed by atoms with van der Waals surface area (Å²) < 4.78 is 23.4. The number of aliphatic hydroxyl groups excluding tert-OH is 1. The average Bonchev–Trinajstić information content (AvgIpc) is 1.63. The number of aliphatic hydroxyl groups is 1. The van der Waals surface area contributed by atoms with Gasteiger partial charge in [-0.25, -0.2) is 4.21 Å². The van der Waals surface area contributed by atoms with Crippen LogP contribution in [-0.4, -0.2) is 20.2 Å². The molecule has 0 aliphatic rings. The standard InChI is InChI=1S/C4H10O4S/c1-2-3-4(5)8-9(6)7/h4-5H,2-3H2,1H3,(H,6,7)/p-1. The maximum atomic E-state index is 9.70. The van der Waals surface area contributed by atoms with E-state index in [1.54, 1.807) is 0 Å². The van der Waals surface area contributed by atoms with Gasteiger partial charge in [0, 0.05) is 0 Å². The molecule has 0 aromatic rings. The van der Waals surface area contributed by atoms with E-state index in [2.05, 4.69) is 4.18 Å². The second-order valence-electron chi connectivity index (χ2n) is 1.54. The van der Waals surface area contributed by atoms with Gasteiger partial charge in [0.25, 0.3) is 0 Å². The Morgan fingerprint density at radius 2 is 2.44 bits per heavy atom. The molecule has 0 radical (unpaired) electrons. The fourth-order valence-electron chi connectivity index (χ4n) is 0.386. The first-order chi connectivity index (χ1) is 4.16. The lowest BCUT2D eigenvalue weighted by molar-refractivity contribution is -0.0196. The molecule has 0 aromatic heterocycles. The molecule has 0 amide bonds. The minimum Gasteiger partial charge on any atom is -0.750 e. The molecule has 0 rings (SSSR count). The smallest absolute Gasteiger partial charge is 0.169 e. The Hall–Kier alpha value is 0.0300. The predicted molar refractivity (Wildman–Crippen MR) is 30.9 cm³/mol. The third-order valence-corrected chi connectivity index (χ3v) is 1.10. The first-order valence-corrected chi connectivity index (χ1v) is 3.61. The molecule has 0 aromatic carbocycles. The number of hydrogen-bond donors (Lipinski definition) is 1. The van der Waals surface area contributed by atoms with Gasteiger partial charge in [-0.3, -0.25) is 4.18 Å². The summed E-state index contributed by atoms with van der Waals surface area (Å²) in [6.07, 6.45) is -0.139. The van der Waals surface area contributed by atoms with Crippen LogP contribution in [-0.2, 0) is 15.5 Å². The Labute approximate surface area is 56.3 Å². The van der Waals surface area contributed by atoms with E-state index in [4.69, 9.17) is 5.11 Å². The summed E-state index contributed by atoms with van der Waals surface area (Å²) >= 11 is -2.60. The van der Waals surface area contributed by atoms with E-state index in [-0.39, 0.29) is 0 Å². The lowest BCUT2D eigenvalue weighted by Crippen LogP contribution is -2.12. The van der Waals surface area contributed by atoms with Gasteiger partial charge in [-0.1, -0.05) is 13.3 Å². The maximum Gasteiger partial charge on any atom is 0.169 e. The van der Waals surface area contributed by atoms with Crippen LogP contribution in [0.15, 0.2) is 0 Å². The molecule has 2 atom stereocenters. The first-order valence-electron chi connectivity index (χ1n) is 2.61. The molecular weight excluding hydrogens is 144 g/mol. The zero-order chi connectivity index (χ0) is 7.28. The monoisotopic (exact) mass is 153 g/mol. The summed E-state index contributed by atoms with van der Waals surface area (Å²) in [6.45, 7) is 1.82. The molecule has 0 bridgehead atoms. The summed E-state index contributed by atoms with van der Waals surface area (Å²) in [4.78, 5) is 0. The SMILES string of the molecule is CCCC(O)OS(=O)[O-]. The van der Waals surface area contributed by atoms with Gasteiger partial charge in [0.1, 0.15) is 0 Å². The molecule has 0 saturated heterocycles. The van der Waals surface area contributed by atoms with Crippen molar-refractivity contribution in [3.8, 4) is 0 Å². The molecule has 5 heteroatoms. The van der Waals surface area contributed by atoms with Gasteiger partial charge < -0.3 is 9.66 Å². The molecule has 0 aliphatic carbocycles. The minimum atomic E-state index is -2.60. The van der Waals surface area contributed by atoms with Crippen molar-refractivity contribution in [2.45, 2.75) is 26.1 Å². The number of hydrogen-bond acceptors (Lipinski definition) is 4. The van der Waals surface area contributed by atoms with Crippen molar-refractivity contribution in [2.24, 2.45) is 0 Å². The zero-order valence-electron chi connectivity index (χ0n) is 5.07. The van der Waals surface area contributed by atoms with E-state index in [0.29, 0.717) is 12.8 Å². The lowest BCUT2D eigenvalue weighted by atomic mass is 10.3. The van der Waals surface area contributed by atoms with Gasteiger partial charge in [0.05, 0.1) is 11.4 Å². The van der Waals surface area contributed by atoms with Crippen LogP contribution >= 0.6 is 0 Å². The van der Waals surface area contributed by atoms with Gasteiger partial charge in [0.15, 0.2) is 6.29 Å². The van der Waals surface area contributed by atoms with Crippen molar-refractivity contribution in [1.29, 1.82) is 0 Å². The van der Waals surface area contributed by atoms with Crippen LogP contribution < -0.4 is 0 Å². The lowest BCUT2D eigenvalue weighted by Gasteiger charge is -2.10. The molecule has 56 valence electrons. The highest BCUT2D eigenvalue weighted by Gasteiger charge is 2.00. The van der Waals surface area contributed by atoms with E-state index < -0.39 is 17.7 Å². The summed E-state index contributed by atoms with van der Waals surface area (Å²) in [7, 11) is 0. The Morgan fingerprint density at radius 3 is 2.78 bits per heavy atom. The highest BCUT2D eigenvalue weighted by Crippen LogP contribution is 1.98. The third-order valence-electron chi connectivity index (χ3n) is 0.725. The third kappa shape index (κ3) is 5.91. The number of rotatable bonds is 4. The van der Waals surface area contributed by atoms with Gasteiger partial charge in [-0.2, -0.15) is 0 Å².